The van der Waals surface area contributed by atoms with E-state index in [0.29, 0.717) is 5.69 Å². The number of nitrogens with two attached hydrogens (primary N) is 1. The van der Waals surface area contributed by atoms with Gasteiger partial charge in [0.1, 0.15) is 0 Å². The standard InChI is InChI=1S/C16H24N2O6S/c1-9(19)13(17)14(20)11-5-6-12(25-4)18(11)8-7-10(15(21)23-2)16(22)24-3/h5-6,9-10,13,19H,7-8,17H2,1-4H3/t9-,13+/m1/s1. The molecule has 25 heavy (non-hydrogen) atoms. The molecular formula is C16H24N2O6S. The minimum absolute atomic E-state index is 0.103. The molecule has 0 amide bonds. The maximum atomic E-state index is 12.5. The fraction of sp³-hybridized carbons (Fsp3) is 0.562. The lowest BCUT2D eigenvalue weighted by Gasteiger charge is -2.18. The number of Topliss-reactive ketones (excluding diaryl/α,β-unsaturated/α-hetero) is 1. The normalized spacial score (nSPS) is 13.4. The van der Waals surface area contributed by atoms with Gasteiger partial charge in [0.25, 0.3) is 0 Å². The fourth-order valence-electron chi connectivity index (χ4n) is 2.34. The molecule has 0 bridgehead atoms. The van der Waals surface area contributed by atoms with Gasteiger partial charge in [-0.25, -0.2) is 0 Å². The minimum atomic E-state index is -1.08. The molecule has 1 aromatic heterocycles. The van der Waals surface area contributed by atoms with Crippen molar-refractivity contribution in [2.45, 2.75) is 37.1 Å². The Bertz CT molecular complexity index is 612. The number of aliphatic hydroxyl groups excluding tert-OH is 1. The molecule has 0 radical (unpaired) electrons. The number of aromatic nitrogens is 1. The molecule has 1 heterocycles. The van der Waals surface area contributed by atoms with Gasteiger partial charge in [-0.3, -0.25) is 14.4 Å². The molecule has 0 fully saturated rings. The molecule has 2 atom stereocenters. The first-order valence-electron chi connectivity index (χ1n) is 7.65. The molecule has 3 N–H and O–H groups in total. The first-order valence-corrected chi connectivity index (χ1v) is 8.87. The van der Waals surface area contributed by atoms with E-state index >= 15 is 0 Å². The molecule has 0 aliphatic rings. The monoisotopic (exact) mass is 372 g/mol. The third-order valence-electron chi connectivity index (χ3n) is 3.84. The van der Waals surface area contributed by atoms with Crippen LogP contribution in [-0.2, 0) is 25.6 Å². The van der Waals surface area contributed by atoms with Gasteiger partial charge in [0.05, 0.1) is 37.1 Å². The number of ketones is 1. The third-order valence-corrected chi connectivity index (χ3v) is 4.61. The summed E-state index contributed by atoms with van der Waals surface area (Å²) < 4.78 is 10.9. The molecule has 0 aliphatic carbocycles. The topological polar surface area (TPSA) is 121 Å². The molecule has 0 spiro atoms. The zero-order valence-electron chi connectivity index (χ0n) is 14.7. The third kappa shape index (κ3) is 5.07. The quantitative estimate of drug-likeness (QED) is 0.277. The van der Waals surface area contributed by atoms with Crippen LogP contribution in [0.4, 0.5) is 0 Å². The highest BCUT2D eigenvalue weighted by molar-refractivity contribution is 7.98. The number of esters is 2. The van der Waals surface area contributed by atoms with E-state index in [1.165, 1.54) is 32.9 Å². The maximum Gasteiger partial charge on any atom is 0.320 e. The number of methoxy groups -OCH3 is 2. The van der Waals surface area contributed by atoms with Crippen LogP contribution in [-0.4, -0.2) is 60.0 Å². The second kappa shape index (κ2) is 9.59. The molecule has 0 aliphatic heterocycles. The lowest BCUT2D eigenvalue weighted by molar-refractivity contribution is -0.159. The van der Waals surface area contributed by atoms with E-state index in [1.54, 1.807) is 16.7 Å². The number of rotatable bonds is 9. The summed E-state index contributed by atoms with van der Waals surface area (Å²) in [5, 5.41) is 10.3. The number of carbonyl (C=O) groups is 3. The average Bonchev–Trinajstić information content (AvgIpc) is 3.02. The van der Waals surface area contributed by atoms with E-state index in [2.05, 4.69) is 9.47 Å². The summed E-state index contributed by atoms with van der Waals surface area (Å²) in [4.78, 5) is 36.0. The van der Waals surface area contributed by atoms with Crippen LogP contribution in [0.3, 0.4) is 0 Å². The lowest BCUT2D eigenvalue weighted by atomic mass is 10.0. The number of thioether (sulfide) groups is 1. The Morgan fingerprint density at radius 3 is 2.24 bits per heavy atom. The second-order valence-electron chi connectivity index (χ2n) is 5.43. The van der Waals surface area contributed by atoms with Crippen LogP contribution in [0.5, 0.6) is 0 Å². The van der Waals surface area contributed by atoms with Crippen LogP contribution in [0, 0.1) is 5.92 Å². The van der Waals surface area contributed by atoms with Gasteiger partial charge in [0.15, 0.2) is 11.7 Å². The number of carbonyl (C=O) groups excluding carboxylic acids is 3. The Labute approximate surface area is 150 Å². The summed E-state index contributed by atoms with van der Waals surface area (Å²) in [6.07, 6.45) is 0.949. The highest BCUT2D eigenvalue weighted by atomic mass is 32.2. The predicted molar refractivity (Wildman–Crippen MR) is 92.3 cm³/mol. The molecule has 8 nitrogen and oxygen atoms in total. The van der Waals surface area contributed by atoms with Crippen molar-refractivity contribution in [1.29, 1.82) is 0 Å². The Morgan fingerprint density at radius 2 is 1.80 bits per heavy atom. The number of ether oxygens (including phenoxy) is 2. The van der Waals surface area contributed by atoms with E-state index < -0.39 is 35.8 Å². The number of nitrogens with zero attached hydrogens (tertiary/aromatic N) is 1. The van der Waals surface area contributed by atoms with Crippen molar-refractivity contribution in [3.05, 3.63) is 17.8 Å². The second-order valence-corrected chi connectivity index (χ2v) is 6.26. The average molecular weight is 372 g/mol. The van der Waals surface area contributed by atoms with Crippen LogP contribution in [0.2, 0.25) is 0 Å². The van der Waals surface area contributed by atoms with Crippen LogP contribution in [0.1, 0.15) is 23.8 Å². The molecule has 0 saturated carbocycles. The van der Waals surface area contributed by atoms with Crippen molar-refractivity contribution in [2.75, 3.05) is 20.5 Å². The molecule has 140 valence electrons. The van der Waals surface area contributed by atoms with Crippen LogP contribution >= 0.6 is 11.8 Å². The Morgan fingerprint density at radius 1 is 1.24 bits per heavy atom. The predicted octanol–water partition coefficient (Wildman–Crippen LogP) is 0.453. The summed E-state index contributed by atoms with van der Waals surface area (Å²) in [6, 6.07) is 2.31. The first-order chi connectivity index (χ1) is 11.8. The van der Waals surface area contributed by atoms with Crippen molar-refractivity contribution in [3.8, 4) is 0 Å². The van der Waals surface area contributed by atoms with Crippen molar-refractivity contribution >= 4 is 29.5 Å². The summed E-state index contributed by atoms with van der Waals surface area (Å²) >= 11 is 1.41. The molecule has 0 saturated heterocycles. The fourth-order valence-corrected chi connectivity index (χ4v) is 2.95. The zero-order chi connectivity index (χ0) is 19.1. The van der Waals surface area contributed by atoms with E-state index in [9.17, 15) is 19.5 Å². The SMILES string of the molecule is COC(=O)C(CCn1c(SC)ccc1C(=O)[C@@H](N)[C@@H](C)O)C(=O)OC. The van der Waals surface area contributed by atoms with Gasteiger partial charge in [0.2, 0.25) is 0 Å². The summed E-state index contributed by atoms with van der Waals surface area (Å²) in [6.45, 7) is 1.65. The Hall–Kier alpha value is -1.84. The number of hydrogen-bond acceptors (Lipinski definition) is 8. The van der Waals surface area contributed by atoms with Gasteiger partial charge in [-0.1, -0.05) is 0 Å². The van der Waals surface area contributed by atoms with Crippen molar-refractivity contribution in [3.63, 3.8) is 0 Å². The minimum Gasteiger partial charge on any atom is -0.468 e. The van der Waals surface area contributed by atoms with Gasteiger partial charge < -0.3 is 24.9 Å². The van der Waals surface area contributed by atoms with Crippen LogP contribution in [0.25, 0.3) is 0 Å². The summed E-state index contributed by atoms with van der Waals surface area (Å²) in [5.41, 5.74) is 6.05. The largest absolute Gasteiger partial charge is 0.468 e. The van der Waals surface area contributed by atoms with Gasteiger partial charge in [-0.05, 0) is 31.7 Å². The molecule has 9 heteroatoms. The van der Waals surface area contributed by atoms with Gasteiger partial charge in [0, 0.05) is 6.54 Å². The van der Waals surface area contributed by atoms with Crippen molar-refractivity contribution < 1.29 is 29.0 Å². The summed E-state index contributed by atoms with van der Waals surface area (Å²) in [5.74, 6) is -2.89. The number of hydrogen-bond donors (Lipinski definition) is 2. The maximum absolute atomic E-state index is 12.5. The molecule has 1 aromatic rings. The van der Waals surface area contributed by atoms with Crippen LogP contribution in [0.15, 0.2) is 17.2 Å². The van der Waals surface area contributed by atoms with E-state index in [4.69, 9.17) is 5.73 Å². The van der Waals surface area contributed by atoms with E-state index in [-0.39, 0.29) is 13.0 Å². The van der Waals surface area contributed by atoms with E-state index in [0.717, 1.165) is 5.03 Å². The Kier molecular flexibility index (Phi) is 8.14. The zero-order valence-corrected chi connectivity index (χ0v) is 15.5. The smallest absolute Gasteiger partial charge is 0.320 e. The number of aliphatic hydroxyl groups is 1. The van der Waals surface area contributed by atoms with Gasteiger partial charge in [-0.2, -0.15) is 0 Å². The molecular weight excluding hydrogens is 348 g/mol. The highest BCUT2D eigenvalue weighted by Crippen LogP contribution is 2.22. The van der Waals surface area contributed by atoms with E-state index in [1.807, 2.05) is 6.26 Å². The van der Waals surface area contributed by atoms with Gasteiger partial charge in [-0.15, -0.1) is 11.8 Å². The van der Waals surface area contributed by atoms with Crippen molar-refractivity contribution in [2.24, 2.45) is 11.7 Å². The first kappa shape index (κ1) is 21.2. The van der Waals surface area contributed by atoms with Crippen LogP contribution < -0.4 is 5.73 Å². The Balaban J connectivity index is 3.07. The highest BCUT2D eigenvalue weighted by Gasteiger charge is 2.30. The molecule has 0 unspecified atom stereocenters. The molecule has 0 aromatic carbocycles. The molecule has 1 rings (SSSR count). The van der Waals surface area contributed by atoms with Gasteiger partial charge >= 0.3 is 11.9 Å². The van der Waals surface area contributed by atoms with Crippen molar-refractivity contribution in [1.82, 2.24) is 4.57 Å². The lowest BCUT2D eigenvalue weighted by Crippen LogP contribution is -2.41. The summed E-state index contributed by atoms with van der Waals surface area (Å²) in [7, 11) is 2.38.